The molecule has 1 fully saturated rings. The second-order valence-corrected chi connectivity index (χ2v) is 9.97. The number of aromatic nitrogens is 2. The highest BCUT2D eigenvalue weighted by Crippen LogP contribution is 2.32. The summed E-state index contributed by atoms with van der Waals surface area (Å²) < 4.78 is 13.4. The van der Waals surface area contributed by atoms with Gasteiger partial charge in [-0.25, -0.2) is 0 Å². The first-order chi connectivity index (χ1) is 16.8. The number of ether oxygens (including phenoxy) is 2. The molecule has 1 atom stereocenters. The molecule has 11 heteroatoms. The number of benzene rings is 2. The third kappa shape index (κ3) is 5.26. The van der Waals surface area contributed by atoms with Gasteiger partial charge in [0.05, 0.1) is 17.3 Å². The van der Waals surface area contributed by atoms with Crippen molar-refractivity contribution in [1.82, 2.24) is 9.55 Å². The van der Waals surface area contributed by atoms with Crippen molar-refractivity contribution in [3.63, 3.8) is 0 Å². The monoisotopic (exact) mass is 517 g/mol. The molecule has 1 N–H and O–H groups in total. The average Bonchev–Trinajstić information content (AvgIpc) is 3.36. The number of hydrogen-bond donors (Lipinski definition) is 1. The van der Waals surface area contributed by atoms with Gasteiger partial charge in [-0.05, 0) is 67.2 Å². The molecule has 0 radical (unpaired) electrons. The van der Waals surface area contributed by atoms with E-state index in [4.69, 9.17) is 32.7 Å². The fourth-order valence-corrected chi connectivity index (χ4v) is 4.92. The number of halogens is 2. The maximum Gasteiger partial charge on any atom is 0.415 e. The quantitative estimate of drug-likeness (QED) is 0.330. The number of imidazole rings is 1. The number of nitrogens with one attached hydrogen (secondary N) is 1. The fourth-order valence-electron chi connectivity index (χ4n) is 4.45. The van der Waals surface area contributed by atoms with Gasteiger partial charge < -0.3 is 29.8 Å². The van der Waals surface area contributed by atoms with Gasteiger partial charge in [-0.2, -0.15) is 0 Å². The van der Waals surface area contributed by atoms with Crippen LogP contribution in [0.25, 0.3) is 0 Å². The van der Waals surface area contributed by atoms with E-state index in [1.165, 1.54) is 6.20 Å². The summed E-state index contributed by atoms with van der Waals surface area (Å²) >= 11 is 12.3. The standard InChI is InChI=1S/C24H25Cl2N5O4/c1-24(14-30-13-22(31(32)33)28-23(30)35-24)15-34-19-5-3-18(4-6-19)29-10-8-17(9-11-29)27-21-7-2-16(25)12-20(21)26/h2-7,12-13,17,27H,8-11,14-15H2,1H3/t24-/m1/s1. The minimum Gasteiger partial charge on any atom is -0.489 e. The molecule has 0 amide bonds. The molecule has 184 valence electrons. The summed E-state index contributed by atoms with van der Waals surface area (Å²) in [5, 5.41) is 15.7. The molecule has 0 saturated carbocycles. The van der Waals surface area contributed by atoms with Gasteiger partial charge in [0.25, 0.3) is 0 Å². The number of nitrogens with zero attached hydrogens (tertiary/aromatic N) is 4. The van der Waals surface area contributed by atoms with Gasteiger partial charge in [-0.3, -0.25) is 4.57 Å². The third-order valence-corrected chi connectivity index (χ3v) is 6.84. The van der Waals surface area contributed by atoms with E-state index in [-0.39, 0.29) is 11.8 Å². The predicted molar refractivity (Wildman–Crippen MR) is 135 cm³/mol. The molecule has 3 aromatic rings. The molecule has 0 aliphatic carbocycles. The van der Waals surface area contributed by atoms with Gasteiger partial charge in [0.2, 0.25) is 0 Å². The molecule has 2 aliphatic rings. The van der Waals surface area contributed by atoms with Gasteiger partial charge in [-0.15, -0.1) is 0 Å². The Hall–Kier alpha value is -3.17. The third-order valence-electron chi connectivity index (χ3n) is 6.29. The molecule has 35 heavy (non-hydrogen) atoms. The van der Waals surface area contributed by atoms with Crippen LogP contribution < -0.4 is 19.7 Å². The Morgan fingerprint density at radius 3 is 2.63 bits per heavy atom. The van der Waals surface area contributed by atoms with Crippen LogP contribution in [-0.2, 0) is 6.54 Å². The van der Waals surface area contributed by atoms with E-state index < -0.39 is 10.5 Å². The maximum atomic E-state index is 10.9. The second kappa shape index (κ2) is 9.47. The Morgan fingerprint density at radius 1 is 1.23 bits per heavy atom. The largest absolute Gasteiger partial charge is 0.489 e. The molecule has 1 aromatic heterocycles. The van der Waals surface area contributed by atoms with Crippen LogP contribution in [0.3, 0.4) is 0 Å². The van der Waals surface area contributed by atoms with E-state index >= 15 is 0 Å². The highest BCUT2D eigenvalue weighted by atomic mass is 35.5. The van der Waals surface area contributed by atoms with Gasteiger partial charge in [0, 0.05) is 34.8 Å². The Labute approximate surface area is 212 Å². The molecule has 2 aromatic carbocycles. The van der Waals surface area contributed by atoms with Crippen molar-refractivity contribution >= 4 is 40.4 Å². The molecule has 0 bridgehead atoms. The summed E-state index contributed by atoms with van der Waals surface area (Å²) in [6.07, 6.45) is 3.39. The summed E-state index contributed by atoms with van der Waals surface area (Å²) in [5.74, 6) is 0.523. The van der Waals surface area contributed by atoms with Crippen molar-refractivity contribution in [3.8, 4) is 11.8 Å². The predicted octanol–water partition coefficient (Wildman–Crippen LogP) is 5.41. The SMILES string of the molecule is C[C@]1(COc2ccc(N3CCC(Nc4ccc(Cl)cc4Cl)CC3)cc2)Cn2cc([N+](=O)[O-])nc2O1. The minimum atomic E-state index is -0.641. The lowest BCUT2D eigenvalue weighted by Gasteiger charge is -2.34. The molecule has 0 unspecified atom stereocenters. The first kappa shape index (κ1) is 23.6. The topological polar surface area (TPSA) is 94.7 Å². The molecule has 3 heterocycles. The Bertz CT molecular complexity index is 1200. The van der Waals surface area contributed by atoms with E-state index in [2.05, 4.69) is 27.3 Å². The summed E-state index contributed by atoms with van der Waals surface area (Å²) in [6, 6.07) is 14.1. The summed E-state index contributed by atoms with van der Waals surface area (Å²) in [5.41, 5.74) is 1.42. The molecule has 9 nitrogen and oxygen atoms in total. The Kier molecular flexibility index (Phi) is 6.37. The second-order valence-electron chi connectivity index (χ2n) is 9.13. The normalized spacial score (nSPS) is 19.8. The number of nitro groups is 1. The number of anilines is 2. The van der Waals surface area contributed by atoms with E-state index in [1.807, 2.05) is 31.2 Å². The van der Waals surface area contributed by atoms with Crippen molar-refractivity contribution in [2.45, 2.75) is 38.0 Å². The van der Waals surface area contributed by atoms with Gasteiger partial charge >= 0.3 is 11.8 Å². The van der Waals surface area contributed by atoms with Gasteiger partial charge in [0.15, 0.2) is 5.60 Å². The van der Waals surface area contributed by atoms with Gasteiger partial charge in [-0.1, -0.05) is 23.2 Å². The van der Waals surface area contributed by atoms with Crippen molar-refractivity contribution < 1.29 is 14.4 Å². The van der Waals surface area contributed by atoms with Crippen molar-refractivity contribution in [1.29, 1.82) is 0 Å². The van der Waals surface area contributed by atoms with Crippen LogP contribution in [0, 0.1) is 10.1 Å². The van der Waals surface area contributed by atoms with Crippen molar-refractivity contribution in [2.75, 3.05) is 29.9 Å². The Morgan fingerprint density at radius 2 is 1.97 bits per heavy atom. The van der Waals surface area contributed by atoms with Crippen molar-refractivity contribution in [2.24, 2.45) is 0 Å². The van der Waals surface area contributed by atoms with Gasteiger partial charge in [0.1, 0.15) is 18.6 Å². The maximum absolute atomic E-state index is 10.9. The number of piperidine rings is 1. The van der Waals surface area contributed by atoms with Crippen LogP contribution in [0.4, 0.5) is 17.2 Å². The number of hydrogen-bond acceptors (Lipinski definition) is 7. The molecule has 1 saturated heterocycles. The van der Waals surface area contributed by atoms with E-state index in [0.717, 1.165) is 43.1 Å². The molecule has 2 aliphatic heterocycles. The lowest BCUT2D eigenvalue weighted by molar-refractivity contribution is -0.389. The van der Waals surface area contributed by atoms with Crippen molar-refractivity contribution in [3.05, 3.63) is 68.8 Å². The zero-order chi connectivity index (χ0) is 24.6. The summed E-state index contributed by atoms with van der Waals surface area (Å²) in [7, 11) is 0. The van der Waals surface area contributed by atoms with Crippen LogP contribution in [0.5, 0.6) is 11.8 Å². The molecule has 5 rings (SSSR count). The van der Waals surface area contributed by atoms with E-state index in [0.29, 0.717) is 29.2 Å². The van der Waals surface area contributed by atoms with Crippen LogP contribution in [0.2, 0.25) is 10.0 Å². The van der Waals surface area contributed by atoms with Crippen LogP contribution in [0.15, 0.2) is 48.7 Å². The number of rotatable bonds is 7. The summed E-state index contributed by atoms with van der Waals surface area (Å²) in [6.45, 7) is 4.51. The highest BCUT2D eigenvalue weighted by Gasteiger charge is 2.41. The zero-order valence-electron chi connectivity index (χ0n) is 19.1. The van der Waals surface area contributed by atoms with Crippen LogP contribution in [0.1, 0.15) is 19.8 Å². The molecular weight excluding hydrogens is 493 g/mol. The fraction of sp³-hybridized carbons (Fsp3) is 0.375. The first-order valence-electron chi connectivity index (χ1n) is 11.4. The molecule has 0 spiro atoms. The average molecular weight is 518 g/mol. The zero-order valence-corrected chi connectivity index (χ0v) is 20.6. The van der Waals surface area contributed by atoms with E-state index in [9.17, 15) is 10.1 Å². The summed E-state index contributed by atoms with van der Waals surface area (Å²) in [4.78, 5) is 16.6. The molecular formula is C24H25Cl2N5O4. The number of fused-ring (bicyclic) bond motifs is 1. The first-order valence-corrected chi connectivity index (χ1v) is 12.1. The minimum absolute atomic E-state index is 0.216. The van der Waals surface area contributed by atoms with Crippen LogP contribution in [-0.4, -0.2) is 45.8 Å². The smallest absolute Gasteiger partial charge is 0.415 e. The van der Waals surface area contributed by atoms with E-state index in [1.54, 1.807) is 10.6 Å². The Balaban J connectivity index is 1.11. The highest BCUT2D eigenvalue weighted by molar-refractivity contribution is 6.36. The lowest BCUT2D eigenvalue weighted by atomic mass is 10.0. The lowest BCUT2D eigenvalue weighted by Crippen LogP contribution is -2.39. The van der Waals surface area contributed by atoms with Crippen LogP contribution >= 0.6 is 23.2 Å².